The van der Waals surface area contributed by atoms with Gasteiger partial charge in [-0.05, 0) is 51.5 Å². The molecule has 0 spiro atoms. The number of carboxylic acids is 1. The van der Waals surface area contributed by atoms with Crippen LogP contribution >= 0.6 is 0 Å². The minimum atomic E-state index is -2.28. The third-order valence-corrected chi connectivity index (χ3v) is 10.2. The van der Waals surface area contributed by atoms with E-state index in [4.69, 9.17) is 9.47 Å². The number of aliphatic carboxylic acids is 1. The predicted molar refractivity (Wildman–Crippen MR) is 204 cm³/mol. The summed E-state index contributed by atoms with van der Waals surface area (Å²) in [5, 5.41) is 106. The number of ether oxygens (including phenoxy) is 2. The van der Waals surface area contributed by atoms with Crippen molar-refractivity contribution >= 4 is 17.7 Å². The summed E-state index contributed by atoms with van der Waals surface area (Å²) in [6, 6.07) is 0. The molecule has 0 saturated carbocycles. The minimum Gasteiger partial charge on any atom is -0.481 e. The highest BCUT2D eigenvalue weighted by Crippen LogP contribution is 2.37. The van der Waals surface area contributed by atoms with E-state index >= 15 is 0 Å². The second-order valence-electron chi connectivity index (χ2n) is 15.3. The van der Waals surface area contributed by atoms with Crippen LogP contribution in [0.4, 0.5) is 0 Å². The molecule has 0 radical (unpaired) electrons. The van der Waals surface area contributed by atoms with Crippen LogP contribution in [0.25, 0.3) is 0 Å². The molecule has 2 aliphatic heterocycles. The van der Waals surface area contributed by atoms with Crippen molar-refractivity contribution in [2.75, 3.05) is 0 Å². The average molecular weight is 797 g/mol. The standard InChI is InChI=1S/C41H64O15/c1-25-13-9-6-4-5-7-10-14-28(42)15-11-8-12-16-29(43)21-36-38(40(52)53)35(49)24-41(54,56-36)23-34(48)33(47)18-17-30(44)19-31(45)20-32(46)22-37(50)55-27(3)26(2)39(25)51/h4,6,8-14,16,25-27,29-36,38-39,43-49,51,54H,5,7,15,17-24H2,1-3H3,(H,52,53)/t25-,26-,27-,29-,30+,31+,32+,33+,34+,35-,36?,38+,39+,41+/m0/s1. The second kappa shape index (κ2) is 24.6. The maximum Gasteiger partial charge on any atom is 0.311 e. The van der Waals surface area contributed by atoms with E-state index < -0.39 is 110 Å². The molecular weight excluding hydrogens is 732 g/mol. The lowest BCUT2D eigenvalue weighted by Gasteiger charge is -2.44. The number of carbonyl (C=O) groups is 3. The quantitative estimate of drug-likeness (QED) is 0.169. The van der Waals surface area contributed by atoms with E-state index in [0.717, 1.165) is 0 Å². The number of allylic oxidation sites excluding steroid dienone is 8. The molecule has 10 N–H and O–H groups in total. The fraction of sp³-hybridized carbons (Fsp3) is 0.683. The van der Waals surface area contributed by atoms with Crippen LogP contribution in [0.2, 0.25) is 0 Å². The van der Waals surface area contributed by atoms with Crippen LogP contribution in [0.1, 0.15) is 91.4 Å². The molecule has 318 valence electrons. The van der Waals surface area contributed by atoms with Gasteiger partial charge in [0, 0.05) is 37.5 Å². The lowest BCUT2D eigenvalue weighted by molar-refractivity contribution is -0.302. The molecule has 15 nitrogen and oxygen atoms in total. The molecule has 2 rings (SSSR count). The molecule has 1 saturated heterocycles. The number of carboxylic acid groups (broad SMARTS) is 1. The number of rotatable bonds is 1. The molecule has 2 bridgehead atoms. The molecule has 56 heavy (non-hydrogen) atoms. The first-order chi connectivity index (χ1) is 26.3. The molecule has 1 fully saturated rings. The monoisotopic (exact) mass is 796 g/mol. The summed E-state index contributed by atoms with van der Waals surface area (Å²) in [4.78, 5) is 36.7. The van der Waals surface area contributed by atoms with Gasteiger partial charge in [-0.15, -0.1) is 0 Å². The Kier molecular flexibility index (Phi) is 21.6. The Bertz CT molecular complexity index is 1360. The van der Waals surface area contributed by atoms with Gasteiger partial charge in [-0.1, -0.05) is 68.5 Å². The first-order valence-corrected chi connectivity index (χ1v) is 19.4. The second-order valence-corrected chi connectivity index (χ2v) is 15.3. The van der Waals surface area contributed by atoms with E-state index in [-0.39, 0.29) is 50.2 Å². The van der Waals surface area contributed by atoms with Gasteiger partial charge in [-0.2, -0.15) is 0 Å². The fourth-order valence-electron chi connectivity index (χ4n) is 6.79. The molecule has 0 aromatic carbocycles. The Balaban J connectivity index is 2.16. The van der Waals surface area contributed by atoms with E-state index in [0.29, 0.717) is 12.8 Å². The van der Waals surface area contributed by atoms with Crippen molar-refractivity contribution in [3.05, 3.63) is 60.8 Å². The summed E-state index contributed by atoms with van der Waals surface area (Å²) in [5.41, 5.74) is 0. The van der Waals surface area contributed by atoms with Gasteiger partial charge in [0.1, 0.15) is 12.0 Å². The molecule has 14 atom stereocenters. The maximum absolute atomic E-state index is 12.5. The van der Waals surface area contributed by atoms with Crippen LogP contribution in [0.15, 0.2) is 60.8 Å². The van der Waals surface area contributed by atoms with Crippen LogP contribution in [0.3, 0.4) is 0 Å². The molecule has 0 aromatic heterocycles. The Morgan fingerprint density at radius 3 is 2.05 bits per heavy atom. The predicted octanol–water partition coefficient (Wildman–Crippen LogP) is 1.52. The maximum atomic E-state index is 12.5. The number of cyclic esters (lactones) is 1. The van der Waals surface area contributed by atoms with Crippen LogP contribution in [-0.2, 0) is 23.9 Å². The Morgan fingerprint density at radius 1 is 0.732 bits per heavy atom. The van der Waals surface area contributed by atoms with Crippen LogP contribution in [-0.4, -0.2) is 136 Å². The van der Waals surface area contributed by atoms with Crippen LogP contribution in [0.5, 0.6) is 0 Å². The lowest BCUT2D eigenvalue weighted by atomic mass is 9.82. The van der Waals surface area contributed by atoms with Crippen molar-refractivity contribution in [2.45, 2.75) is 158 Å². The molecular formula is C41H64O15. The Hall–Kier alpha value is -3.09. The van der Waals surface area contributed by atoms with Gasteiger partial charge in [0.05, 0.1) is 61.4 Å². The molecule has 2 heterocycles. The number of aliphatic hydroxyl groups excluding tert-OH is 8. The molecule has 0 aromatic rings. The average Bonchev–Trinajstić information content (AvgIpc) is 3.09. The fourth-order valence-corrected chi connectivity index (χ4v) is 6.79. The number of fused-ring (bicyclic) bond motifs is 2. The van der Waals surface area contributed by atoms with Crippen molar-refractivity contribution in [3.63, 3.8) is 0 Å². The van der Waals surface area contributed by atoms with Gasteiger partial charge in [0.25, 0.3) is 0 Å². The molecule has 2 aliphatic rings. The summed E-state index contributed by atoms with van der Waals surface area (Å²) >= 11 is 0. The van der Waals surface area contributed by atoms with Crippen LogP contribution < -0.4 is 0 Å². The number of esters is 1. The first-order valence-electron chi connectivity index (χ1n) is 19.4. The normalized spacial score (nSPS) is 39.2. The van der Waals surface area contributed by atoms with Crippen molar-refractivity contribution in [1.29, 1.82) is 0 Å². The van der Waals surface area contributed by atoms with E-state index in [1.165, 1.54) is 24.3 Å². The lowest BCUT2D eigenvalue weighted by Crippen LogP contribution is -2.56. The summed E-state index contributed by atoms with van der Waals surface area (Å²) < 4.78 is 11.1. The van der Waals surface area contributed by atoms with Gasteiger partial charge in [-0.25, -0.2) is 0 Å². The molecule has 0 aliphatic carbocycles. The highest BCUT2D eigenvalue weighted by atomic mass is 16.6. The summed E-state index contributed by atoms with van der Waals surface area (Å²) in [6.45, 7) is 5.20. The smallest absolute Gasteiger partial charge is 0.311 e. The Labute approximate surface area is 329 Å². The number of carbonyl (C=O) groups excluding carboxylic acids is 2. The van der Waals surface area contributed by atoms with Crippen molar-refractivity contribution in [2.24, 2.45) is 17.8 Å². The van der Waals surface area contributed by atoms with Crippen molar-refractivity contribution in [1.82, 2.24) is 0 Å². The van der Waals surface area contributed by atoms with Crippen molar-refractivity contribution < 1.29 is 74.9 Å². The van der Waals surface area contributed by atoms with Gasteiger partial charge in [-0.3, -0.25) is 14.4 Å². The minimum absolute atomic E-state index is 0.0923. The number of hydrogen-bond acceptors (Lipinski definition) is 14. The highest BCUT2D eigenvalue weighted by Gasteiger charge is 2.50. The summed E-state index contributed by atoms with van der Waals surface area (Å²) in [6.07, 6.45) is 2.32. The van der Waals surface area contributed by atoms with Gasteiger partial charge in [0.2, 0.25) is 0 Å². The van der Waals surface area contributed by atoms with Crippen LogP contribution in [0, 0.1) is 17.8 Å². The third kappa shape index (κ3) is 18.0. The molecule has 15 heteroatoms. The van der Waals surface area contributed by atoms with E-state index in [9.17, 15) is 65.4 Å². The first kappa shape index (κ1) is 49.1. The van der Waals surface area contributed by atoms with Gasteiger partial charge in [0.15, 0.2) is 11.6 Å². The van der Waals surface area contributed by atoms with Gasteiger partial charge < -0.3 is 60.5 Å². The number of hydrogen-bond donors (Lipinski definition) is 10. The zero-order valence-electron chi connectivity index (χ0n) is 32.6. The third-order valence-electron chi connectivity index (χ3n) is 10.2. The Morgan fingerprint density at radius 2 is 1.36 bits per heavy atom. The summed E-state index contributed by atoms with van der Waals surface area (Å²) in [5.74, 6) is -6.83. The molecule has 0 amide bonds. The summed E-state index contributed by atoms with van der Waals surface area (Å²) in [7, 11) is 0. The van der Waals surface area contributed by atoms with Gasteiger partial charge >= 0.3 is 11.9 Å². The largest absolute Gasteiger partial charge is 0.481 e. The van der Waals surface area contributed by atoms with E-state index in [2.05, 4.69) is 0 Å². The zero-order chi connectivity index (χ0) is 42.0. The van der Waals surface area contributed by atoms with Crippen molar-refractivity contribution in [3.8, 4) is 0 Å². The van der Waals surface area contributed by atoms with E-state index in [1.54, 1.807) is 32.1 Å². The zero-order valence-corrected chi connectivity index (χ0v) is 32.6. The number of aliphatic hydroxyl groups is 9. The highest BCUT2D eigenvalue weighted by molar-refractivity contribution is 5.90. The SMILES string of the molecule is C[C@@H]1[C@H](O)[C@@H](C)C=CC=CCCC=CC(=O)CC=CC=C[C@H](O)CC2O[C@](O)(C[C@@H](O)[C@H](O)CC[C@@H](O)C[C@@H](O)C[C@@H](O)CC(=O)O[C@H]1C)C[C@H](O)[C@H]2C(=O)O. The van der Waals surface area contributed by atoms with E-state index in [1.807, 2.05) is 25.2 Å². The molecule has 1 unspecified atom stereocenters. The number of ketones is 1. The topological polar surface area (TPSA) is 272 Å².